The van der Waals surface area contributed by atoms with E-state index in [9.17, 15) is 35.4 Å². The van der Waals surface area contributed by atoms with Crippen molar-refractivity contribution in [3.8, 4) is 0 Å². The predicted molar refractivity (Wildman–Crippen MR) is 152 cm³/mol. The Balaban J connectivity index is 1.60. The van der Waals surface area contributed by atoms with Crippen LogP contribution in [0.25, 0.3) is 0 Å². The Morgan fingerprint density at radius 3 is 2.04 bits per heavy atom. The van der Waals surface area contributed by atoms with Crippen molar-refractivity contribution in [3.05, 3.63) is 12.7 Å². The molecule has 4 aliphatic rings. The van der Waals surface area contributed by atoms with Gasteiger partial charge in [-0.1, -0.05) is 40.9 Å². The largest absolute Gasteiger partial charge is 0.394 e. The van der Waals surface area contributed by atoms with Crippen molar-refractivity contribution in [1.29, 1.82) is 0 Å². The van der Waals surface area contributed by atoms with Gasteiger partial charge in [-0.3, -0.25) is 4.79 Å². The number of rotatable bonds is 10. The quantitative estimate of drug-likeness (QED) is 0.0957. The maximum atomic E-state index is 12.7. The van der Waals surface area contributed by atoms with E-state index in [4.69, 9.17) is 72.7 Å². The van der Waals surface area contributed by atoms with Gasteiger partial charge in [0.15, 0.2) is 24.7 Å². The van der Waals surface area contributed by atoms with Crippen LogP contribution in [0.2, 0.25) is 0 Å². The molecular weight excluding hydrogens is 673 g/mol. The molecule has 0 aromatic rings. The molecule has 7 N–H and O–H groups in total. The summed E-state index contributed by atoms with van der Waals surface area (Å²) in [6, 6.07) is -1.32. The number of hydrogen-bond donors (Lipinski definition) is 7. The van der Waals surface area contributed by atoms with Crippen molar-refractivity contribution in [2.45, 2.75) is 122 Å². The summed E-state index contributed by atoms with van der Waals surface area (Å²) in [5.41, 5.74) is 0. The van der Waals surface area contributed by atoms with Gasteiger partial charge in [0.25, 0.3) is 9.70 Å². The summed E-state index contributed by atoms with van der Waals surface area (Å²) >= 11 is 17.3. The third kappa shape index (κ3) is 8.22. The van der Waals surface area contributed by atoms with Gasteiger partial charge in [0.2, 0.25) is 0 Å². The Hall–Kier alpha value is -0.480. The molecule has 45 heavy (non-hydrogen) atoms. The normalized spacial score (nSPS) is 45.1. The van der Waals surface area contributed by atoms with Crippen LogP contribution in [0.1, 0.15) is 20.8 Å². The van der Waals surface area contributed by atoms with Crippen LogP contribution in [0.4, 0.5) is 0 Å². The average Bonchev–Trinajstić information content (AvgIpc) is 3.30. The number of hydrogen-bond acceptors (Lipinski definition) is 15. The highest BCUT2D eigenvalue weighted by Crippen LogP contribution is 2.41. The van der Waals surface area contributed by atoms with Gasteiger partial charge >= 0.3 is 0 Å². The third-order valence-corrected chi connectivity index (χ3v) is 8.30. The van der Waals surface area contributed by atoms with Crippen LogP contribution in [0, 0.1) is 0 Å². The van der Waals surface area contributed by atoms with E-state index >= 15 is 0 Å². The molecule has 4 rings (SSSR count). The van der Waals surface area contributed by atoms with Gasteiger partial charge < -0.3 is 73.9 Å². The summed E-state index contributed by atoms with van der Waals surface area (Å²) < 4.78 is 45.0. The lowest BCUT2D eigenvalue weighted by Crippen LogP contribution is -2.68. The first-order valence-corrected chi connectivity index (χ1v) is 15.3. The lowest BCUT2D eigenvalue weighted by molar-refractivity contribution is -0.358. The summed E-state index contributed by atoms with van der Waals surface area (Å²) in [4.78, 5) is 12.7. The molecule has 4 aliphatic heterocycles. The van der Waals surface area contributed by atoms with Crippen LogP contribution in [0.15, 0.2) is 12.7 Å². The Morgan fingerprint density at radius 1 is 0.867 bits per heavy atom. The first-order chi connectivity index (χ1) is 21.0. The van der Waals surface area contributed by atoms with Gasteiger partial charge in [-0.2, -0.15) is 0 Å². The minimum absolute atomic E-state index is 0.0600. The maximum absolute atomic E-state index is 12.7. The third-order valence-electron chi connectivity index (χ3n) is 7.79. The van der Waals surface area contributed by atoms with E-state index in [0.29, 0.717) is 0 Å². The van der Waals surface area contributed by atoms with Gasteiger partial charge in [-0.25, -0.2) is 0 Å². The van der Waals surface area contributed by atoms with E-state index in [0.717, 1.165) is 0 Å². The van der Waals surface area contributed by atoms with E-state index in [1.165, 1.54) is 6.08 Å². The fraction of sp³-hybridized carbons (Fsp3) is 0.885. The number of alkyl halides is 3. The molecule has 16 nitrogen and oxygen atoms in total. The first kappa shape index (κ1) is 37.3. The van der Waals surface area contributed by atoms with Crippen LogP contribution in [0.3, 0.4) is 0 Å². The Bertz CT molecular complexity index is 1020. The van der Waals surface area contributed by atoms with Crippen LogP contribution in [0.5, 0.6) is 0 Å². The standard InChI is InChI=1S/C26H40Cl3NO15/c1-5-6-38-21-12(30-24(37)26(27,28)29)18(14(34)11(8-32)40-21)43-23-20-19(44-25(3,4)45-20)17(9(2)39-23)42-22-16(36)15(35)13(33)10(7-31)41-22/h5,9-23,31-36H,1,6-8H2,2-4H3,(H,30,37)/t9-,10+,11+,12+,13+,14+,15-,16+,17-,18+,19+,20+,21+,22+,23-/m0/s1. The average molecular weight is 713 g/mol. The Kier molecular flexibility index (Phi) is 12.4. The van der Waals surface area contributed by atoms with Crippen LogP contribution < -0.4 is 5.32 Å². The minimum Gasteiger partial charge on any atom is -0.394 e. The maximum Gasteiger partial charge on any atom is 0.272 e. The Morgan fingerprint density at radius 2 is 1.44 bits per heavy atom. The van der Waals surface area contributed by atoms with Crippen molar-refractivity contribution < 1.29 is 73.3 Å². The minimum atomic E-state index is -2.41. The van der Waals surface area contributed by atoms with Gasteiger partial charge in [0.1, 0.15) is 67.1 Å². The molecule has 0 spiro atoms. The second-order valence-corrected chi connectivity index (χ2v) is 13.8. The molecule has 260 valence electrons. The molecule has 1 amide bonds. The van der Waals surface area contributed by atoms with E-state index in [-0.39, 0.29) is 6.61 Å². The molecule has 0 aliphatic carbocycles. The van der Waals surface area contributed by atoms with Crippen LogP contribution in [-0.4, -0.2) is 158 Å². The van der Waals surface area contributed by atoms with Crippen molar-refractivity contribution in [2.75, 3.05) is 19.8 Å². The van der Waals surface area contributed by atoms with Crippen LogP contribution >= 0.6 is 34.8 Å². The smallest absolute Gasteiger partial charge is 0.272 e. The molecule has 0 unspecified atom stereocenters. The highest BCUT2D eigenvalue weighted by molar-refractivity contribution is 6.76. The molecule has 15 atom stereocenters. The molecule has 0 saturated carbocycles. The Labute approximate surface area is 273 Å². The summed E-state index contributed by atoms with van der Waals surface area (Å²) in [6.45, 7) is 7.02. The highest BCUT2D eigenvalue weighted by Gasteiger charge is 2.59. The number of amides is 1. The lowest BCUT2D eigenvalue weighted by Gasteiger charge is -2.48. The fourth-order valence-electron chi connectivity index (χ4n) is 5.62. The number of aliphatic hydroxyl groups excluding tert-OH is 6. The summed E-state index contributed by atoms with van der Waals surface area (Å²) in [7, 11) is 0. The van der Waals surface area contributed by atoms with Gasteiger partial charge in [0.05, 0.1) is 25.9 Å². The molecule has 0 radical (unpaired) electrons. The van der Waals surface area contributed by atoms with Crippen LogP contribution in [-0.2, 0) is 42.7 Å². The number of carbonyl (C=O) groups excluding carboxylic acids is 1. The zero-order chi connectivity index (χ0) is 33.4. The lowest BCUT2D eigenvalue weighted by atomic mass is 9.95. The van der Waals surface area contributed by atoms with Gasteiger partial charge in [-0.15, -0.1) is 6.58 Å². The summed E-state index contributed by atoms with van der Waals surface area (Å²) in [6.07, 6.45) is -17.1. The molecular formula is C26H40Cl3NO15. The van der Waals surface area contributed by atoms with E-state index in [1.54, 1.807) is 20.8 Å². The fourth-order valence-corrected chi connectivity index (χ4v) is 5.79. The predicted octanol–water partition coefficient (Wildman–Crippen LogP) is -2.04. The molecule has 4 saturated heterocycles. The number of aliphatic hydroxyl groups is 6. The zero-order valence-electron chi connectivity index (χ0n) is 24.6. The van der Waals surface area contributed by atoms with E-state index in [1.807, 2.05) is 0 Å². The van der Waals surface area contributed by atoms with Gasteiger partial charge in [0, 0.05) is 0 Å². The van der Waals surface area contributed by atoms with E-state index < -0.39 is 121 Å². The van der Waals surface area contributed by atoms with Crippen molar-refractivity contribution in [1.82, 2.24) is 5.32 Å². The highest BCUT2D eigenvalue weighted by atomic mass is 35.6. The number of fused-ring (bicyclic) bond motifs is 1. The van der Waals surface area contributed by atoms with E-state index in [2.05, 4.69) is 11.9 Å². The first-order valence-electron chi connectivity index (χ1n) is 14.2. The molecule has 0 aromatic carbocycles. The number of ether oxygens (including phenoxy) is 8. The molecule has 4 fully saturated rings. The van der Waals surface area contributed by atoms with Crippen molar-refractivity contribution in [2.24, 2.45) is 0 Å². The monoisotopic (exact) mass is 711 g/mol. The molecule has 19 heteroatoms. The second kappa shape index (κ2) is 15.0. The molecule has 0 bridgehead atoms. The summed E-state index contributed by atoms with van der Waals surface area (Å²) in [5, 5.41) is 64.1. The van der Waals surface area contributed by atoms with Crippen molar-refractivity contribution in [3.63, 3.8) is 0 Å². The van der Waals surface area contributed by atoms with Crippen molar-refractivity contribution >= 4 is 40.7 Å². The topological polar surface area (TPSA) is 224 Å². The number of halogens is 3. The number of carbonyl (C=O) groups is 1. The second-order valence-electron chi connectivity index (χ2n) is 11.5. The summed E-state index contributed by atoms with van der Waals surface area (Å²) in [5.74, 6) is -2.30. The SMILES string of the molecule is C=CCO[C@@H]1O[C@H](CO)[C@@H](O)[C@H](O[C@@H]2O[C@@H](C)[C@H](O[C@H]3O[C@H](CO)[C@@H](O)[C@H](O)[C@H]3O)[C@H]3OC(C)(C)O[C@@H]23)[C@H]1NC(=O)C(Cl)(Cl)Cl. The van der Waals surface area contributed by atoms with Gasteiger partial charge in [-0.05, 0) is 20.8 Å². The zero-order valence-corrected chi connectivity index (χ0v) is 26.8. The molecule has 0 aromatic heterocycles. The molecule has 4 heterocycles. The number of nitrogens with one attached hydrogen (secondary N) is 1.